The highest BCUT2D eigenvalue weighted by atomic mass is 16.5. The Bertz CT molecular complexity index is 1310. The molecule has 4 heteroatoms. The van der Waals surface area contributed by atoms with Gasteiger partial charge in [0.25, 0.3) is 0 Å². The number of methoxy groups -OCH3 is 1. The topological polar surface area (TPSA) is 40.5 Å². The van der Waals surface area contributed by atoms with Crippen LogP contribution in [0, 0.1) is 0 Å². The van der Waals surface area contributed by atoms with E-state index in [1.54, 1.807) is 7.11 Å². The van der Waals surface area contributed by atoms with Crippen LogP contribution in [0.1, 0.15) is 35.3 Å². The van der Waals surface area contributed by atoms with Crippen LogP contribution in [0.4, 0.5) is 0 Å². The number of rotatable bonds is 4. The summed E-state index contributed by atoms with van der Waals surface area (Å²) in [5, 5.41) is 2.08. The average molecular weight is 397 g/mol. The van der Waals surface area contributed by atoms with E-state index in [0.717, 1.165) is 45.9 Å². The van der Waals surface area contributed by atoms with Crippen LogP contribution in [-0.4, -0.2) is 23.6 Å². The Morgan fingerprint density at radius 1 is 1.07 bits per heavy atom. The largest absolute Gasteiger partial charge is 0.497 e. The molecule has 4 nitrogen and oxygen atoms in total. The van der Waals surface area contributed by atoms with Gasteiger partial charge in [0, 0.05) is 28.4 Å². The molecular weight excluding hydrogens is 374 g/mol. The summed E-state index contributed by atoms with van der Waals surface area (Å²) in [6.07, 6.45) is 5.02. The molecule has 1 aliphatic rings. The maximum absolute atomic E-state index is 12.0. The second-order valence-electron chi connectivity index (χ2n) is 8.22. The van der Waals surface area contributed by atoms with Crippen LogP contribution in [0.25, 0.3) is 27.9 Å². The van der Waals surface area contributed by atoms with Gasteiger partial charge in [-0.15, -0.1) is 0 Å². The molecule has 3 aromatic carbocycles. The summed E-state index contributed by atoms with van der Waals surface area (Å²) in [5.74, 6) is 1.44. The van der Waals surface area contributed by atoms with Gasteiger partial charge in [0.05, 0.1) is 18.2 Å². The van der Waals surface area contributed by atoms with Gasteiger partial charge in [-0.05, 0) is 55.8 Å². The van der Waals surface area contributed by atoms with Crippen molar-refractivity contribution in [3.63, 3.8) is 0 Å². The van der Waals surface area contributed by atoms with Gasteiger partial charge in [0.1, 0.15) is 17.1 Å². The van der Waals surface area contributed by atoms with Crippen LogP contribution in [-0.2, 0) is 6.54 Å². The monoisotopic (exact) mass is 397 g/mol. The first kappa shape index (κ1) is 18.5. The maximum atomic E-state index is 12.0. The van der Waals surface area contributed by atoms with Gasteiger partial charge in [-0.2, -0.15) is 0 Å². The van der Waals surface area contributed by atoms with Gasteiger partial charge >= 0.3 is 0 Å². The number of carbonyl (C=O) groups excluding carboxylic acids is 1. The van der Waals surface area contributed by atoms with Crippen LogP contribution in [0.2, 0.25) is 0 Å². The lowest BCUT2D eigenvalue weighted by atomic mass is 9.97. The normalized spacial score (nSPS) is 14.5. The zero-order valence-electron chi connectivity index (χ0n) is 17.3. The van der Waals surface area contributed by atoms with Gasteiger partial charge in [0.15, 0.2) is 6.29 Å². The van der Waals surface area contributed by atoms with Crippen LogP contribution in [0.3, 0.4) is 0 Å². The molecule has 0 aliphatic carbocycles. The van der Waals surface area contributed by atoms with Crippen molar-refractivity contribution in [3.8, 4) is 11.5 Å². The number of ether oxygens (including phenoxy) is 2. The summed E-state index contributed by atoms with van der Waals surface area (Å²) >= 11 is 0. The Labute approximate surface area is 175 Å². The molecule has 0 bridgehead atoms. The third-order valence-electron chi connectivity index (χ3n) is 5.70. The van der Waals surface area contributed by atoms with Gasteiger partial charge in [-0.1, -0.05) is 30.3 Å². The minimum atomic E-state index is -0.460. The van der Waals surface area contributed by atoms with E-state index >= 15 is 0 Å². The standard InChI is InChI=1S/C26H23NO3/c1-26(2)12-11-20-24-22(13-18(16-28)25(20)30-26)21-14-19(29-3)9-10-23(21)27(24)15-17-7-5-4-6-8-17/h4-14,16H,15H2,1-3H3. The molecule has 1 aromatic heterocycles. The Kier molecular flexibility index (Phi) is 4.17. The number of aldehydes is 1. The maximum Gasteiger partial charge on any atom is 0.153 e. The molecule has 0 amide bonds. The number of fused-ring (bicyclic) bond motifs is 5. The summed E-state index contributed by atoms with van der Waals surface area (Å²) in [6, 6.07) is 18.4. The Morgan fingerprint density at radius 3 is 2.60 bits per heavy atom. The van der Waals surface area contributed by atoms with Crippen molar-refractivity contribution in [1.29, 1.82) is 0 Å². The van der Waals surface area contributed by atoms with E-state index in [1.807, 2.05) is 38.1 Å². The highest BCUT2D eigenvalue weighted by molar-refractivity contribution is 6.13. The molecule has 4 aromatic rings. The predicted molar refractivity (Wildman–Crippen MR) is 121 cm³/mol. The van der Waals surface area contributed by atoms with Crippen molar-refractivity contribution in [3.05, 3.63) is 77.4 Å². The molecule has 0 fully saturated rings. The van der Waals surface area contributed by atoms with Crippen molar-refractivity contribution in [2.45, 2.75) is 26.0 Å². The number of benzene rings is 3. The SMILES string of the molecule is COc1ccc2c(c1)c1cc(C=O)c3c(c1n2Cc1ccccc1)C=CC(C)(C)O3. The van der Waals surface area contributed by atoms with Gasteiger partial charge in [0.2, 0.25) is 0 Å². The average Bonchev–Trinajstić information content (AvgIpc) is 3.05. The number of aromatic nitrogens is 1. The zero-order valence-corrected chi connectivity index (χ0v) is 17.3. The van der Waals surface area contributed by atoms with E-state index in [0.29, 0.717) is 11.3 Å². The van der Waals surface area contributed by atoms with Crippen molar-refractivity contribution in [1.82, 2.24) is 4.57 Å². The molecular formula is C26H23NO3. The Hall–Kier alpha value is -3.53. The van der Waals surface area contributed by atoms with E-state index in [9.17, 15) is 4.79 Å². The Balaban J connectivity index is 1.89. The number of hydrogen-bond donors (Lipinski definition) is 0. The van der Waals surface area contributed by atoms with Gasteiger partial charge in [-0.25, -0.2) is 0 Å². The van der Waals surface area contributed by atoms with Crippen molar-refractivity contribution in [2.75, 3.05) is 7.11 Å². The number of hydrogen-bond acceptors (Lipinski definition) is 3. The second-order valence-corrected chi connectivity index (χ2v) is 8.22. The summed E-state index contributed by atoms with van der Waals surface area (Å²) in [7, 11) is 1.67. The lowest BCUT2D eigenvalue weighted by molar-refractivity contribution is 0.110. The molecule has 2 heterocycles. The molecule has 150 valence electrons. The lowest BCUT2D eigenvalue weighted by Crippen LogP contribution is -2.28. The van der Waals surface area contributed by atoms with Crippen LogP contribution in [0.15, 0.2) is 60.7 Å². The summed E-state index contributed by atoms with van der Waals surface area (Å²) < 4.78 is 14.0. The Morgan fingerprint density at radius 2 is 1.87 bits per heavy atom. The fourth-order valence-corrected chi connectivity index (χ4v) is 4.27. The molecule has 30 heavy (non-hydrogen) atoms. The van der Waals surface area contributed by atoms with E-state index in [1.165, 1.54) is 5.56 Å². The quantitative estimate of drug-likeness (QED) is 0.406. The molecule has 0 spiro atoms. The van der Waals surface area contributed by atoms with Gasteiger partial charge < -0.3 is 14.0 Å². The molecule has 0 atom stereocenters. The molecule has 1 aliphatic heterocycles. The van der Waals surface area contributed by atoms with Crippen LogP contribution in [0.5, 0.6) is 11.5 Å². The first-order valence-electron chi connectivity index (χ1n) is 10.0. The molecule has 0 unspecified atom stereocenters. The third kappa shape index (κ3) is 2.88. The molecule has 0 saturated carbocycles. The van der Waals surface area contributed by atoms with E-state index < -0.39 is 5.60 Å². The molecule has 0 N–H and O–H groups in total. The third-order valence-corrected chi connectivity index (χ3v) is 5.70. The summed E-state index contributed by atoms with van der Waals surface area (Å²) in [4.78, 5) is 12.0. The van der Waals surface area contributed by atoms with Crippen LogP contribution >= 0.6 is 0 Å². The van der Waals surface area contributed by atoms with E-state index in [-0.39, 0.29) is 0 Å². The summed E-state index contributed by atoms with van der Waals surface area (Å²) in [6.45, 7) is 4.71. The minimum Gasteiger partial charge on any atom is -0.497 e. The first-order valence-corrected chi connectivity index (χ1v) is 10.0. The summed E-state index contributed by atoms with van der Waals surface area (Å²) in [5.41, 5.74) is 4.42. The number of nitrogens with zero attached hydrogens (tertiary/aromatic N) is 1. The highest BCUT2D eigenvalue weighted by Gasteiger charge is 2.28. The molecule has 0 radical (unpaired) electrons. The van der Waals surface area contributed by atoms with Crippen LogP contribution < -0.4 is 9.47 Å². The fourth-order valence-electron chi connectivity index (χ4n) is 4.27. The zero-order chi connectivity index (χ0) is 20.9. The molecule has 0 saturated heterocycles. The minimum absolute atomic E-state index is 0.460. The van der Waals surface area contributed by atoms with E-state index in [4.69, 9.17) is 9.47 Å². The van der Waals surface area contributed by atoms with E-state index in [2.05, 4.69) is 47.1 Å². The van der Waals surface area contributed by atoms with Gasteiger partial charge in [-0.3, -0.25) is 4.79 Å². The lowest BCUT2D eigenvalue weighted by Gasteiger charge is -2.29. The van der Waals surface area contributed by atoms with Crippen molar-refractivity contribution < 1.29 is 14.3 Å². The second kappa shape index (κ2) is 6.77. The fraction of sp³-hybridized carbons (Fsp3) is 0.192. The first-order chi connectivity index (χ1) is 14.5. The van der Waals surface area contributed by atoms with Crippen molar-refractivity contribution in [2.24, 2.45) is 0 Å². The smallest absolute Gasteiger partial charge is 0.153 e. The van der Waals surface area contributed by atoms with Crippen molar-refractivity contribution >= 4 is 34.2 Å². The number of carbonyl (C=O) groups is 1. The molecule has 5 rings (SSSR count). The predicted octanol–water partition coefficient (Wildman–Crippen LogP) is 5.85. The highest BCUT2D eigenvalue weighted by Crippen LogP contribution is 2.43.